The molecule has 0 bridgehead atoms. The summed E-state index contributed by atoms with van der Waals surface area (Å²) in [4.78, 5) is 4.25. The minimum atomic E-state index is -0.297. The molecular weight excluding hydrogens is 225 g/mol. The van der Waals surface area contributed by atoms with Crippen LogP contribution in [0.2, 0.25) is 0 Å². The molecule has 0 fully saturated rings. The van der Waals surface area contributed by atoms with Gasteiger partial charge in [0.15, 0.2) is 11.6 Å². The molecule has 2 rings (SSSR count). The fourth-order valence-electron chi connectivity index (χ4n) is 1.36. The lowest BCUT2D eigenvalue weighted by Gasteiger charge is -2.06. The fraction of sp³-hybridized carbons (Fsp3) is 0.250. The van der Waals surface area contributed by atoms with Crippen molar-refractivity contribution in [1.82, 2.24) is 4.98 Å². The predicted octanol–water partition coefficient (Wildman–Crippen LogP) is 3.48. The lowest BCUT2D eigenvalue weighted by molar-refractivity contribution is 0.286. The molecule has 0 aliphatic rings. The van der Waals surface area contributed by atoms with E-state index >= 15 is 0 Å². The first kappa shape index (κ1) is 11.1. The Bertz CT molecular complexity index is 496. The van der Waals surface area contributed by atoms with Crippen molar-refractivity contribution in [2.24, 2.45) is 0 Å². The maximum Gasteiger partial charge on any atom is 0.167 e. The molecule has 1 aromatic heterocycles. The zero-order chi connectivity index (χ0) is 11.5. The Hall–Kier alpha value is -1.42. The number of rotatable bonds is 3. The smallest absolute Gasteiger partial charge is 0.167 e. The topological polar surface area (TPSA) is 22.1 Å². The van der Waals surface area contributed by atoms with Crippen molar-refractivity contribution < 1.29 is 9.13 Å². The van der Waals surface area contributed by atoms with Gasteiger partial charge in [0.1, 0.15) is 6.61 Å². The van der Waals surface area contributed by atoms with Crippen LogP contribution in [0.4, 0.5) is 4.39 Å². The Morgan fingerprint density at radius 1 is 1.38 bits per heavy atom. The number of aryl methyl sites for hydroxylation is 2. The summed E-state index contributed by atoms with van der Waals surface area (Å²) in [7, 11) is 0. The summed E-state index contributed by atoms with van der Waals surface area (Å²) in [5.74, 6) is -0.0138. The van der Waals surface area contributed by atoms with Gasteiger partial charge in [0.05, 0.1) is 10.7 Å². The molecule has 0 N–H and O–H groups in total. The average Bonchev–Trinajstić information content (AvgIpc) is 2.67. The summed E-state index contributed by atoms with van der Waals surface area (Å²) in [5, 5.41) is 2.91. The Balaban J connectivity index is 2.07. The van der Waals surface area contributed by atoms with E-state index in [1.54, 1.807) is 36.5 Å². The van der Waals surface area contributed by atoms with Gasteiger partial charge in [0.2, 0.25) is 0 Å². The number of hydrogen-bond donors (Lipinski definition) is 0. The van der Waals surface area contributed by atoms with Crippen molar-refractivity contribution in [2.75, 3.05) is 0 Å². The second kappa shape index (κ2) is 4.61. The third kappa shape index (κ3) is 2.39. The van der Waals surface area contributed by atoms with Crippen molar-refractivity contribution in [2.45, 2.75) is 20.5 Å². The molecular formula is C12H12FNOS. The van der Waals surface area contributed by atoms with Crippen LogP contribution in [-0.2, 0) is 6.61 Å². The number of benzene rings is 1. The van der Waals surface area contributed by atoms with Gasteiger partial charge in [-0.25, -0.2) is 9.37 Å². The zero-order valence-electron chi connectivity index (χ0n) is 9.16. The van der Waals surface area contributed by atoms with E-state index in [1.807, 2.05) is 12.3 Å². The maximum absolute atomic E-state index is 13.6. The largest absolute Gasteiger partial charge is 0.484 e. The van der Waals surface area contributed by atoms with E-state index in [0.29, 0.717) is 12.2 Å². The Morgan fingerprint density at radius 3 is 2.88 bits per heavy atom. The lowest BCUT2D eigenvalue weighted by atomic mass is 10.2. The van der Waals surface area contributed by atoms with E-state index in [2.05, 4.69) is 4.98 Å². The minimum absolute atomic E-state index is 0.283. The van der Waals surface area contributed by atoms with Crippen molar-refractivity contribution in [3.63, 3.8) is 0 Å². The van der Waals surface area contributed by atoms with Crippen molar-refractivity contribution in [3.8, 4) is 5.75 Å². The number of ether oxygens (including phenoxy) is 1. The van der Waals surface area contributed by atoms with E-state index in [0.717, 1.165) is 10.7 Å². The quantitative estimate of drug-likeness (QED) is 0.815. The molecule has 1 heterocycles. The molecule has 0 saturated heterocycles. The van der Waals surface area contributed by atoms with Crippen LogP contribution >= 0.6 is 11.3 Å². The van der Waals surface area contributed by atoms with Gasteiger partial charge in [-0.2, -0.15) is 0 Å². The number of halogens is 1. The van der Waals surface area contributed by atoms with Gasteiger partial charge in [-0.15, -0.1) is 11.3 Å². The highest BCUT2D eigenvalue weighted by Gasteiger charge is 2.06. The van der Waals surface area contributed by atoms with Gasteiger partial charge in [-0.3, -0.25) is 0 Å². The second-order valence-corrected chi connectivity index (χ2v) is 4.60. The Kier molecular flexibility index (Phi) is 3.19. The summed E-state index contributed by atoms with van der Waals surface area (Å²) in [6.45, 7) is 3.96. The molecule has 0 atom stereocenters. The van der Waals surface area contributed by atoms with Gasteiger partial charge in [0, 0.05) is 5.38 Å². The third-order valence-corrected chi connectivity index (χ3v) is 3.02. The summed E-state index contributed by atoms with van der Waals surface area (Å²) in [5.41, 5.74) is 1.43. The first-order chi connectivity index (χ1) is 7.66. The number of thiazole rings is 1. The third-order valence-electron chi connectivity index (χ3n) is 2.20. The predicted molar refractivity (Wildman–Crippen MR) is 62.3 cm³/mol. The molecule has 16 heavy (non-hydrogen) atoms. The standard InChI is InChI=1S/C12H12FNOS/c1-8-4-3-5-11(12(8)13)15-6-10-7-16-9(2)14-10/h3-5,7H,6H2,1-2H3. The van der Waals surface area contributed by atoms with Crippen LogP contribution in [0.5, 0.6) is 5.75 Å². The number of nitrogens with zero attached hydrogens (tertiary/aromatic N) is 1. The molecule has 1 aromatic carbocycles. The number of aromatic nitrogens is 1. The second-order valence-electron chi connectivity index (χ2n) is 3.53. The van der Waals surface area contributed by atoms with E-state index in [-0.39, 0.29) is 11.6 Å². The van der Waals surface area contributed by atoms with E-state index in [1.165, 1.54) is 0 Å². The SMILES string of the molecule is Cc1nc(COc2cccc(C)c2F)cs1. The van der Waals surface area contributed by atoms with Gasteiger partial charge in [-0.05, 0) is 25.5 Å². The molecule has 0 aliphatic heterocycles. The highest BCUT2D eigenvalue weighted by molar-refractivity contribution is 7.09. The number of hydrogen-bond acceptors (Lipinski definition) is 3. The molecule has 84 valence electrons. The van der Waals surface area contributed by atoms with Crippen LogP contribution in [0, 0.1) is 19.7 Å². The maximum atomic E-state index is 13.6. The van der Waals surface area contributed by atoms with E-state index in [9.17, 15) is 4.39 Å². The molecule has 0 aliphatic carbocycles. The van der Waals surface area contributed by atoms with Crippen molar-refractivity contribution in [1.29, 1.82) is 0 Å². The van der Waals surface area contributed by atoms with Gasteiger partial charge < -0.3 is 4.74 Å². The summed E-state index contributed by atoms with van der Waals surface area (Å²) in [6, 6.07) is 5.12. The molecule has 2 aromatic rings. The highest BCUT2D eigenvalue weighted by atomic mass is 32.1. The van der Waals surface area contributed by atoms with Crippen LogP contribution < -0.4 is 4.74 Å². The van der Waals surface area contributed by atoms with Gasteiger partial charge >= 0.3 is 0 Å². The summed E-state index contributed by atoms with van der Waals surface area (Å²) >= 11 is 1.56. The van der Waals surface area contributed by atoms with Crippen LogP contribution in [0.25, 0.3) is 0 Å². The normalized spacial score (nSPS) is 10.4. The Morgan fingerprint density at radius 2 is 2.19 bits per heavy atom. The van der Waals surface area contributed by atoms with E-state index < -0.39 is 0 Å². The lowest BCUT2D eigenvalue weighted by Crippen LogP contribution is -1.98. The minimum Gasteiger partial charge on any atom is -0.484 e. The first-order valence-corrected chi connectivity index (χ1v) is 5.83. The van der Waals surface area contributed by atoms with Crippen LogP contribution in [0.15, 0.2) is 23.6 Å². The van der Waals surface area contributed by atoms with Crippen LogP contribution in [0.1, 0.15) is 16.3 Å². The first-order valence-electron chi connectivity index (χ1n) is 4.96. The zero-order valence-corrected chi connectivity index (χ0v) is 9.97. The van der Waals surface area contributed by atoms with Gasteiger partial charge in [-0.1, -0.05) is 12.1 Å². The van der Waals surface area contributed by atoms with Crippen molar-refractivity contribution in [3.05, 3.63) is 45.7 Å². The van der Waals surface area contributed by atoms with Crippen LogP contribution in [-0.4, -0.2) is 4.98 Å². The molecule has 4 heteroatoms. The molecule has 0 amide bonds. The van der Waals surface area contributed by atoms with Crippen LogP contribution in [0.3, 0.4) is 0 Å². The van der Waals surface area contributed by atoms with Crippen molar-refractivity contribution >= 4 is 11.3 Å². The van der Waals surface area contributed by atoms with E-state index in [4.69, 9.17) is 4.74 Å². The summed E-state index contributed by atoms with van der Waals surface area (Å²) in [6.07, 6.45) is 0. The highest BCUT2D eigenvalue weighted by Crippen LogP contribution is 2.21. The fourth-order valence-corrected chi connectivity index (χ4v) is 1.96. The van der Waals surface area contributed by atoms with Gasteiger partial charge in [0.25, 0.3) is 0 Å². The molecule has 2 nitrogen and oxygen atoms in total. The molecule has 0 unspecified atom stereocenters. The molecule has 0 saturated carbocycles. The molecule has 0 spiro atoms. The Labute approximate surface area is 97.7 Å². The monoisotopic (exact) mass is 237 g/mol. The summed E-state index contributed by atoms with van der Waals surface area (Å²) < 4.78 is 19.0. The average molecular weight is 237 g/mol. The molecule has 0 radical (unpaired) electrons.